The summed E-state index contributed by atoms with van der Waals surface area (Å²) < 4.78 is 13.7. The molecule has 0 fully saturated rings. The van der Waals surface area contributed by atoms with E-state index in [9.17, 15) is 0 Å². The lowest BCUT2D eigenvalue weighted by Crippen LogP contribution is -2.65. The Kier molecular flexibility index (Phi) is 7.57. The molecule has 10 aromatic rings. The van der Waals surface area contributed by atoms with Gasteiger partial charge in [-0.3, -0.25) is 13.7 Å². The fourth-order valence-corrected chi connectivity index (χ4v) is 17.0. The largest absolute Gasteiger partial charge is 0.458 e. The molecule has 7 aromatic carbocycles. The van der Waals surface area contributed by atoms with Crippen LogP contribution in [0.2, 0.25) is 11.1 Å². The normalized spacial score (nSPS) is 13.4. The lowest BCUT2D eigenvalue weighted by Gasteiger charge is -2.44. The van der Waals surface area contributed by atoms with Crippen LogP contribution >= 0.6 is 0 Å². The van der Waals surface area contributed by atoms with Crippen molar-refractivity contribution in [3.63, 3.8) is 0 Å². The van der Waals surface area contributed by atoms with Crippen LogP contribution in [0.15, 0.2) is 170 Å². The van der Waals surface area contributed by atoms with Gasteiger partial charge in [-0.15, -0.1) is 0 Å². The van der Waals surface area contributed by atoms with Crippen LogP contribution in [0.4, 0.5) is 0 Å². The van der Waals surface area contributed by atoms with E-state index in [0.717, 1.165) is 56.4 Å². The lowest BCUT2D eigenvalue weighted by molar-refractivity contribution is -0.571. The van der Waals surface area contributed by atoms with E-state index in [1.165, 1.54) is 48.9 Å². The lowest BCUT2D eigenvalue weighted by atomic mass is 9.89. The molecule has 0 aliphatic carbocycles. The second-order valence-electron chi connectivity index (χ2n) is 16.9. The highest BCUT2D eigenvalue weighted by atomic mass is 28.3. The summed E-state index contributed by atoms with van der Waals surface area (Å²) in [6, 6.07) is 59.1. The first-order chi connectivity index (χ1) is 29.4. The molecule has 2 aliphatic heterocycles. The number of rotatable bonds is 5. The minimum atomic E-state index is -2.19. The zero-order valence-corrected chi connectivity index (χ0v) is 35.0. The summed E-state index contributed by atoms with van der Waals surface area (Å²) in [5.74, 6) is 2.61. The summed E-state index contributed by atoms with van der Waals surface area (Å²) in [5.41, 5.74) is 14.8. The Bertz CT molecular complexity index is 3380. The number of hydrogen-bond acceptors (Lipinski definition) is 2. The SMILES string of the molecule is CC(C)[Si]1(C(C)C)c2cccnc2-n2c3cc(Oc4cccc(-n5[c-][n+]6c7c(cccc75)-c5ccccc5-c5ccccc5-c5ccccc5-6)c4)ccc3c3cccc1c32. The van der Waals surface area contributed by atoms with E-state index in [2.05, 4.69) is 205 Å². The quantitative estimate of drug-likeness (QED) is 0.0989. The van der Waals surface area contributed by atoms with Crippen LogP contribution in [0, 0.1) is 6.33 Å². The second-order valence-corrected chi connectivity index (χ2v) is 22.0. The number of fused-ring (bicyclic) bond motifs is 12. The first-order valence-electron chi connectivity index (χ1n) is 21.0. The molecule has 5 nitrogen and oxygen atoms in total. The Morgan fingerprint density at radius 2 is 1.18 bits per heavy atom. The Labute approximate surface area is 350 Å². The molecule has 0 bridgehead atoms. The van der Waals surface area contributed by atoms with E-state index in [0.29, 0.717) is 11.1 Å². The summed E-state index contributed by atoms with van der Waals surface area (Å²) >= 11 is 0. The van der Waals surface area contributed by atoms with Crippen molar-refractivity contribution < 1.29 is 9.30 Å². The van der Waals surface area contributed by atoms with Gasteiger partial charge in [0.25, 0.3) is 6.33 Å². The summed E-state index contributed by atoms with van der Waals surface area (Å²) in [6.07, 6.45) is 5.77. The fourth-order valence-electron chi connectivity index (χ4n) is 11.0. The van der Waals surface area contributed by atoms with Crippen molar-refractivity contribution in [3.8, 4) is 62.1 Å². The molecule has 0 atom stereocenters. The third-order valence-electron chi connectivity index (χ3n) is 13.3. The van der Waals surface area contributed by atoms with Gasteiger partial charge in [0.1, 0.15) is 25.4 Å². The van der Waals surface area contributed by atoms with E-state index in [-0.39, 0.29) is 0 Å². The molecule has 0 saturated carbocycles. The van der Waals surface area contributed by atoms with Crippen molar-refractivity contribution in [2.75, 3.05) is 0 Å². The van der Waals surface area contributed by atoms with Gasteiger partial charge in [-0.1, -0.05) is 143 Å². The standard InChI is InChI=1S/C54H42N4OSi/c1-34(2)60(35(3)4)50-26-13-23-46-44-29-28-38(32-49(44)58(53(46)50)54-51(60)27-14-30-55-54)59-37-16-11-15-36(31-37)56-33-57-47-24-10-9-21-43(47)41-19-7-5-17-39(41)40-18-6-8-20-42(40)45-22-12-25-48(56)52(45)57/h5-32,34-35H,1-4H3. The molecule has 0 spiro atoms. The zero-order valence-electron chi connectivity index (χ0n) is 34.0. The molecular formula is C54H42N4OSi. The Hall–Kier alpha value is -7.02. The molecule has 60 heavy (non-hydrogen) atoms. The highest BCUT2D eigenvalue weighted by Crippen LogP contribution is 2.45. The smallest absolute Gasteiger partial charge is 0.269 e. The number of hydrogen-bond donors (Lipinski definition) is 0. The van der Waals surface area contributed by atoms with Gasteiger partial charge in [-0.25, -0.2) is 4.98 Å². The van der Waals surface area contributed by atoms with Crippen LogP contribution in [0.1, 0.15) is 27.7 Å². The Morgan fingerprint density at radius 1 is 0.550 bits per heavy atom. The van der Waals surface area contributed by atoms with Gasteiger partial charge in [0.05, 0.1) is 33.4 Å². The van der Waals surface area contributed by atoms with E-state index in [4.69, 9.17) is 9.72 Å². The van der Waals surface area contributed by atoms with Crippen molar-refractivity contribution >= 4 is 51.3 Å². The maximum atomic E-state index is 6.82. The molecule has 0 N–H and O–H groups in total. The molecular weight excluding hydrogens is 749 g/mol. The number of pyridine rings is 1. The summed E-state index contributed by atoms with van der Waals surface area (Å²) in [4.78, 5) is 5.13. The van der Waals surface area contributed by atoms with E-state index in [1.54, 1.807) is 0 Å². The third kappa shape index (κ3) is 4.74. The monoisotopic (exact) mass is 790 g/mol. The van der Waals surface area contributed by atoms with Gasteiger partial charge in [0.2, 0.25) is 0 Å². The van der Waals surface area contributed by atoms with Gasteiger partial charge in [0.15, 0.2) is 0 Å². The highest BCUT2D eigenvalue weighted by molar-refractivity contribution is 7.06. The molecule has 0 amide bonds. The minimum Gasteiger partial charge on any atom is -0.458 e. The summed E-state index contributed by atoms with van der Waals surface area (Å²) in [7, 11) is -2.19. The maximum absolute atomic E-state index is 6.82. The molecule has 0 radical (unpaired) electrons. The summed E-state index contributed by atoms with van der Waals surface area (Å²) in [5, 5.41) is 5.42. The number of ether oxygens (including phenoxy) is 1. The van der Waals surface area contributed by atoms with Crippen molar-refractivity contribution in [1.82, 2.24) is 14.1 Å². The van der Waals surface area contributed by atoms with Crippen molar-refractivity contribution in [1.29, 1.82) is 0 Å². The van der Waals surface area contributed by atoms with E-state index < -0.39 is 8.07 Å². The third-order valence-corrected chi connectivity index (χ3v) is 19.6. The van der Waals surface area contributed by atoms with Gasteiger partial charge in [-0.2, -0.15) is 0 Å². The first-order valence-corrected chi connectivity index (χ1v) is 23.2. The number of imidazole rings is 1. The first kappa shape index (κ1) is 35.0. The predicted molar refractivity (Wildman–Crippen MR) is 247 cm³/mol. The summed E-state index contributed by atoms with van der Waals surface area (Å²) in [6.45, 7) is 9.67. The average molecular weight is 791 g/mol. The predicted octanol–water partition coefficient (Wildman–Crippen LogP) is 12.0. The van der Waals surface area contributed by atoms with E-state index >= 15 is 0 Å². The van der Waals surface area contributed by atoms with Crippen LogP contribution in [0.25, 0.3) is 83.4 Å². The van der Waals surface area contributed by atoms with Gasteiger partial charge in [0, 0.05) is 23.0 Å². The Morgan fingerprint density at radius 3 is 1.95 bits per heavy atom. The number of benzene rings is 7. The zero-order chi connectivity index (χ0) is 40.3. The van der Waals surface area contributed by atoms with Crippen LogP contribution < -0.4 is 19.7 Å². The average Bonchev–Trinajstić information content (AvgIpc) is 3.84. The molecule has 2 aliphatic rings. The van der Waals surface area contributed by atoms with Gasteiger partial charge in [-0.05, 0) is 97.3 Å². The molecule has 12 rings (SSSR count). The number of nitrogens with zero attached hydrogens (tertiary/aromatic N) is 4. The van der Waals surface area contributed by atoms with Crippen LogP contribution in [0.5, 0.6) is 11.5 Å². The van der Waals surface area contributed by atoms with Crippen LogP contribution in [0.3, 0.4) is 0 Å². The van der Waals surface area contributed by atoms with Gasteiger partial charge >= 0.3 is 0 Å². The van der Waals surface area contributed by atoms with Crippen LogP contribution in [-0.2, 0) is 0 Å². The molecule has 0 saturated heterocycles. The fraction of sp³-hybridized carbons (Fsp3) is 0.111. The highest BCUT2D eigenvalue weighted by Gasteiger charge is 2.49. The van der Waals surface area contributed by atoms with Crippen molar-refractivity contribution in [2.24, 2.45) is 0 Å². The number of aromatic nitrogens is 4. The maximum Gasteiger partial charge on any atom is 0.269 e. The van der Waals surface area contributed by atoms with Crippen molar-refractivity contribution in [3.05, 3.63) is 176 Å². The van der Waals surface area contributed by atoms with Crippen LogP contribution in [-0.4, -0.2) is 22.2 Å². The van der Waals surface area contributed by atoms with E-state index in [1.807, 2.05) is 12.3 Å². The Balaban J connectivity index is 1.01. The molecule has 288 valence electrons. The molecule has 5 heterocycles. The number of para-hydroxylation sites is 3. The molecule has 0 unspecified atom stereocenters. The minimum absolute atomic E-state index is 0.513. The van der Waals surface area contributed by atoms with Gasteiger partial charge < -0.3 is 4.74 Å². The topological polar surface area (TPSA) is 35.9 Å². The second kappa shape index (κ2) is 13.0. The molecule has 3 aromatic heterocycles. The molecule has 6 heteroatoms. The van der Waals surface area contributed by atoms with Crippen molar-refractivity contribution in [2.45, 2.75) is 38.8 Å².